The maximum Gasteiger partial charge on any atom is 0.0691 e. The fraction of sp³-hybridized carbons (Fsp3) is 0.909. The fourth-order valence-electron chi connectivity index (χ4n) is 1.84. The van der Waals surface area contributed by atoms with E-state index in [0.29, 0.717) is 0 Å². The second kappa shape index (κ2) is 6.31. The molecule has 0 amide bonds. The van der Waals surface area contributed by atoms with Gasteiger partial charge in [0, 0.05) is 13.2 Å². The molecule has 0 unspecified atom stereocenters. The Balaban J connectivity index is 2.26. The van der Waals surface area contributed by atoms with Crippen LogP contribution in [-0.4, -0.2) is 24.7 Å². The van der Waals surface area contributed by atoms with Crippen LogP contribution in [0.3, 0.4) is 0 Å². The topological polar surface area (TPSA) is 33.0 Å². The van der Waals surface area contributed by atoms with Crippen LogP contribution in [0.15, 0.2) is 0 Å². The number of rotatable bonds is 5. The molecule has 1 aliphatic heterocycles. The van der Waals surface area contributed by atoms with Crippen molar-refractivity contribution in [2.45, 2.75) is 32.6 Å². The van der Waals surface area contributed by atoms with Gasteiger partial charge in [0.15, 0.2) is 0 Å². The molecular formula is C11H19NOS. The van der Waals surface area contributed by atoms with E-state index in [1.807, 2.05) is 11.8 Å². The molecule has 0 aliphatic carbocycles. The monoisotopic (exact) mass is 213 g/mol. The summed E-state index contributed by atoms with van der Waals surface area (Å²) >= 11 is 1.97. The highest BCUT2D eigenvalue weighted by Crippen LogP contribution is 2.34. The van der Waals surface area contributed by atoms with Gasteiger partial charge in [-0.3, -0.25) is 0 Å². The predicted molar refractivity (Wildman–Crippen MR) is 60.3 cm³/mol. The molecule has 0 N–H and O–H groups in total. The van der Waals surface area contributed by atoms with E-state index in [2.05, 4.69) is 13.0 Å². The molecule has 0 saturated carbocycles. The minimum Gasteiger partial charge on any atom is -0.381 e. The second-order valence-corrected chi connectivity index (χ2v) is 5.20. The maximum absolute atomic E-state index is 9.19. The zero-order valence-corrected chi connectivity index (χ0v) is 9.74. The zero-order chi connectivity index (χ0) is 10.3. The predicted octanol–water partition coefficient (Wildman–Crippen LogP) is 2.84. The molecule has 14 heavy (non-hydrogen) atoms. The van der Waals surface area contributed by atoms with Crippen molar-refractivity contribution < 1.29 is 4.74 Å². The summed E-state index contributed by atoms with van der Waals surface area (Å²) in [6.07, 6.45) is 4.09. The molecule has 1 aliphatic rings. The number of hydrogen-bond acceptors (Lipinski definition) is 3. The van der Waals surface area contributed by atoms with Crippen LogP contribution < -0.4 is 0 Å². The Morgan fingerprint density at radius 3 is 2.71 bits per heavy atom. The standard InChI is InChI=1S/C11H19NOS/c1-2-14-9-3-4-11(10-12)5-7-13-8-6-11/h2-9H2,1H3. The number of ether oxygens (including phenoxy) is 1. The third kappa shape index (κ3) is 3.51. The molecule has 0 bridgehead atoms. The molecular weight excluding hydrogens is 194 g/mol. The summed E-state index contributed by atoms with van der Waals surface area (Å²) in [6, 6.07) is 2.51. The van der Waals surface area contributed by atoms with E-state index < -0.39 is 0 Å². The van der Waals surface area contributed by atoms with Crippen LogP contribution in [-0.2, 0) is 4.74 Å². The van der Waals surface area contributed by atoms with E-state index in [0.717, 1.165) is 32.5 Å². The van der Waals surface area contributed by atoms with Gasteiger partial charge in [0.25, 0.3) is 0 Å². The quantitative estimate of drug-likeness (QED) is 0.658. The van der Waals surface area contributed by atoms with Crippen LogP contribution in [0.2, 0.25) is 0 Å². The first-order chi connectivity index (χ1) is 6.83. The average molecular weight is 213 g/mol. The van der Waals surface area contributed by atoms with Gasteiger partial charge in [0.2, 0.25) is 0 Å². The summed E-state index contributed by atoms with van der Waals surface area (Å²) in [5, 5.41) is 9.19. The number of hydrogen-bond donors (Lipinski definition) is 0. The van der Waals surface area contributed by atoms with Crippen LogP contribution in [0.4, 0.5) is 0 Å². The second-order valence-electron chi connectivity index (χ2n) is 3.80. The molecule has 2 nitrogen and oxygen atoms in total. The Hall–Kier alpha value is -0.200. The van der Waals surface area contributed by atoms with Gasteiger partial charge in [-0.05, 0) is 37.2 Å². The highest BCUT2D eigenvalue weighted by atomic mass is 32.2. The van der Waals surface area contributed by atoms with Crippen molar-refractivity contribution in [2.24, 2.45) is 5.41 Å². The lowest BCUT2D eigenvalue weighted by Crippen LogP contribution is -2.28. The minimum absolute atomic E-state index is 0.0629. The molecule has 1 rings (SSSR count). The molecule has 0 aromatic carbocycles. The molecule has 80 valence electrons. The van der Waals surface area contributed by atoms with Crippen molar-refractivity contribution in [3.05, 3.63) is 0 Å². The van der Waals surface area contributed by atoms with E-state index in [4.69, 9.17) is 4.74 Å². The summed E-state index contributed by atoms with van der Waals surface area (Å²) in [4.78, 5) is 0. The first kappa shape index (κ1) is 11.9. The van der Waals surface area contributed by atoms with Gasteiger partial charge in [-0.1, -0.05) is 6.92 Å². The van der Waals surface area contributed by atoms with Crippen molar-refractivity contribution in [3.63, 3.8) is 0 Å². The van der Waals surface area contributed by atoms with E-state index in [9.17, 15) is 5.26 Å². The smallest absolute Gasteiger partial charge is 0.0691 e. The van der Waals surface area contributed by atoms with Crippen molar-refractivity contribution in [3.8, 4) is 6.07 Å². The van der Waals surface area contributed by atoms with Crippen molar-refractivity contribution in [1.82, 2.24) is 0 Å². The zero-order valence-electron chi connectivity index (χ0n) is 8.92. The van der Waals surface area contributed by atoms with Crippen LogP contribution in [0, 0.1) is 16.7 Å². The largest absolute Gasteiger partial charge is 0.381 e. The third-order valence-electron chi connectivity index (χ3n) is 2.84. The molecule has 1 heterocycles. The molecule has 1 fully saturated rings. The third-order valence-corrected chi connectivity index (χ3v) is 3.82. The summed E-state index contributed by atoms with van der Waals surface area (Å²) in [7, 11) is 0. The van der Waals surface area contributed by atoms with Crippen LogP contribution in [0.1, 0.15) is 32.6 Å². The number of nitrogens with zero attached hydrogens (tertiary/aromatic N) is 1. The van der Waals surface area contributed by atoms with Gasteiger partial charge >= 0.3 is 0 Å². The average Bonchev–Trinajstić information content (AvgIpc) is 2.26. The molecule has 1 saturated heterocycles. The summed E-state index contributed by atoms with van der Waals surface area (Å²) in [5.74, 6) is 2.38. The first-order valence-corrected chi connectivity index (χ1v) is 6.55. The van der Waals surface area contributed by atoms with Crippen LogP contribution in [0.25, 0.3) is 0 Å². The fourth-order valence-corrected chi connectivity index (χ4v) is 2.47. The van der Waals surface area contributed by atoms with E-state index >= 15 is 0 Å². The van der Waals surface area contributed by atoms with Gasteiger partial charge in [-0.25, -0.2) is 0 Å². The summed E-state index contributed by atoms with van der Waals surface area (Å²) in [5.41, 5.74) is -0.0629. The number of nitriles is 1. The molecule has 0 radical (unpaired) electrons. The Morgan fingerprint density at radius 2 is 2.14 bits per heavy atom. The lowest BCUT2D eigenvalue weighted by atomic mass is 9.78. The Bertz CT molecular complexity index is 194. The van der Waals surface area contributed by atoms with E-state index in [-0.39, 0.29) is 5.41 Å². The molecule has 0 spiro atoms. The van der Waals surface area contributed by atoms with Gasteiger partial charge in [-0.2, -0.15) is 17.0 Å². The molecule has 0 aromatic heterocycles. The molecule has 0 aromatic rings. The van der Waals surface area contributed by atoms with Crippen LogP contribution in [0.5, 0.6) is 0 Å². The van der Waals surface area contributed by atoms with Crippen molar-refractivity contribution in [1.29, 1.82) is 5.26 Å². The Morgan fingerprint density at radius 1 is 1.43 bits per heavy atom. The van der Waals surface area contributed by atoms with Gasteiger partial charge < -0.3 is 4.74 Å². The van der Waals surface area contributed by atoms with Gasteiger partial charge in [0.1, 0.15) is 0 Å². The first-order valence-electron chi connectivity index (χ1n) is 5.40. The SMILES string of the molecule is CCSCCCC1(C#N)CCOCC1. The number of thioether (sulfide) groups is 1. The summed E-state index contributed by atoms with van der Waals surface area (Å²) in [6.45, 7) is 3.72. The lowest BCUT2D eigenvalue weighted by Gasteiger charge is -2.30. The highest BCUT2D eigenvalue weighted by Gasteiger charge is 2.31. The van der Waals surface area contributed by atoms with Crippen molar-refractivity contribution >= 4 is 11.8 Å². The Labute approximate surface area is 91.0 Å². The van der Waals surface area contributed by atoms with Gasteiger partial charge in [-0.15, -0.1) is 0 Å². The normalized spacial score (nSPS) is 20.3. The molecule has 0 atom stereocenters. The lowest BCUT2D eigenvalue weighted by molar-refractivity contribution is 0.0368. The summed E-state index contributed by atoms with van der Waals surface area (Å²) < 4.78 is 5.30. The maximum atomic E-state index is 9.19. The van der Waals surface area contributed by atoms with Crippen molar-refractivity contribution in [2.75, 3.05) is 24.7 Å². The van der Waals surface area contributed by atoms with Gasteiger partial charge in [0.05, 0.1) is 11.5 Å². The van der Waals surface area contributed by atoms with E-state index in [1.54, 1.807) is 0 Å². The minimum atomic E-state index is -0.0629. The van der Waals surface area contributed by atoms with E-state index in [1.165, 1.54) is 17.9 Å². The Kier molecular flexibility index (Phi) is 5.36. The highest BCUT2D eigenvalue weighted by molar-refractivity contribution is 7.99. The molecule has 3 heteroatoms. The van der Waals surface area contributed by atoms with Crippen LogP contribution >= 0.6 is 11.8 Å².